The predicted molar refractivity (Wildman–Crippen MR) is 95.9 cm³/mol. The van der Waals surface area contributed by atoms with Gasteiger partial charge in [-0.2, -0.15) is 0 Å². The van der Waals surface area contributed by atoms with Crippen LogP contribution in [0.25, 0.3) is 22.2 Å². The molecule has 0 spiro atoms. The molecule has 128 valence electrons. The zero-order valence-electron chi connectivity index (χ0n) is 14.1. The third-order valence-corrected chi connectivity index (χ3v) is 4.59. The van der Waals surface area contributed by atoms with Gasteiger partial charge in [-0.3, -0.25) is 4.79 Å². The number of carbonyl (C=O) groups excluding carboxylic acids is 1. The maximum absolute atomic E-state index is 12.3. The van der Waals surface area contributed by atoms with Crippen LogP contribution < -0.4 is 15.4 Å². The van der Waals surface area contributed by atoms with Crippen molar-refractivity contribution in [1.29, 1.82) is 0 Å². The number of phenols is 1. The molecule has 0 bridgehead atoms. The summed E-state index contributed by atoms with van der Waals surface area (Å²) in [6.45, 7) is 1.10. The van der Waals surface area contributed by atoms with Gasteiger partial charge in [0.15, 0.2) is 11.5 Å². The number of aromatic hydroxyl groups is 1. The fourth-order valence-electron chi connectivity index (χ4n) is 3.40. The number of nitrogens with one attached hydrogen (secondary N) is 3. The molecule has 0 saturated carbocycles. The van der Waals surface area contributed by atoms with E-state index in [2.05, 4.69) is 27.8 Å². The van der Waals surface area contributed by atoms with Crippen molar-refractivity contribution in [1.82, 2.24) is 15.6 Å². The van der Waals surface area contributed by atoms with Crippen LogP contribution in [0.5, 0.6) is 11.5 Å². The van der Waals surface area contributed by atoms with Crippen LogP contribution in [0.2, 0.25) is 0 Å². The lowest BCUT2D eigenvalue weighted by atomic mass is 9.98. The Morgan fingerprint density at radius 1 is 1.28 bits per heavy atom. The first-order chi connectivity index (χ1) is 12.1. The second kappa shape index (κ2) is 5.82. The Morgan fingerprint density at radius 2 is 2.12 bits per heavy atom. The average Bonchev–Trinajstić information content (AvgIpc) is 3.20. The molecule has 1 aliphatic heterocycles. The van der Waals surface area contributed by atoms with Gasteiger partial charge in [0.1, 0.15) is 0 Å². The Labute approximate surface area is 144 Å². The normalized spacial score (nSPS) is 13.1. The Balaban J connectivity index is 1.91. The lowest BCUT2D eigenvalue weighted by molar-refractivity contribution is 0.0966. The zero-order chi connectivity index (χ0) is 17.6. The number of rotatable bonds is 4. The highest BCUT2D eigenvalue weighted by Gasteiger charge is 2.29. The zero-order valence-corrected chi connectivity index (χ0v) is 14.1. The number of fused-ring (bicyclic) bond motifs is 2. The van der Waals surface area contributed by atoms with Crippen LogP contribution in [0.3, 0.4) is 0 Å². The van der Waals surface area contributed by atoms with Crippen molar-refractivity contribution >= 4 is 16.8 Å². The molecule has 1 amide bonds. The summed E-state index contributed by atoms with van der Waals surface area (Å²) in [5, 5.41) is 17.3. The van der Waals surface area contributed by atoms with Crippen molar-refractivity contribution < 1.29 is 14.6 Å². The van der Waals surface area contributed by atoms with E-state index >= 15 is 0 Å². The standard InChI is InChI=1S/C19H19N3O3/c1-20-8-10-3-4-14-11(5-10)6-15(22-14)12-7-16(25-2)18(23)13-9-21-19(24)17(12)13/h3-7,20,22-23H,8-9H2,1-2H3,(H,21,24). The molecule has 1 aliphatic rings. The molecule has 25 heavy (non-hydrogen) atoms. The van der Waals surface area contributed by atoms with E-state index in [1.165, 1.54) is 12.7 Å². The first kappa shape index (κ1) is 15.5. The topological polar surface area (TPSA) is 86.4 Å². The number of aromatic amines is 1. The van der Waals surface area contributed by atoms with Crippen molar-refractivity contribution in [3.8, 4) is 22.8 Å². The summed E-state index contributed by atoms with van der Waals surface area (Å²) < 4.78 is 5.28. The Bertz CT molecular complexity index is 991. The molecule has 0 aliphatic carbocycles. The van der Waals surface area contributed by atoms with Gasteiger partial charge in [0.25, 0.3) is 5.91 Å². The van der Waals surface area contributed by atoms with E-state index in [0.717, 1.165) is 28.7 Å². The molecule has 0 fully saturated rings. The van der Waals surface area contributed by atoms with E-state index in [-0.39, 0.29) is 11.7 Å². The average molecular weight is 337 g/mol. The number of carbonyl (C=O) groups is 1. The molecule has 1 aromatic heterocycles. The SMILES string of the molecule is CNCc1ccc2[nH]c(-c3cc(OC)c(O)c4c3C(=O)NC4)cc2c1. The fraction of sp³-hybridized carbons (Fsp3) is 0.211. The number of hydrogen-bond acceptors (Lipinski definition) is 4. The number of benzene rings is 2. The van der Waals surface area contributed by atoms with Crippen molar-refractivity contribution in [2.75, 3.05) is 14.2 Å². The third-order valence-electron chi connectivity index (χ3n) is 4.59. The summed E-state index contributed by atoms with van der Waals surface area (Å²) >= 11 is 0. The van der Waals surface area contributed by atoms with Crippen molar-refractivity contribution in [2.24, 2.45) is 0 Å². The number of ether oxygens (including phenoxy) is 1. The molecule has 6 heteroatoms. The molecule has 0 saturated heterocycles. The van der Waals surface area contributed by atoms with E-state index in [9.17, 15) is 9.90 Å². The lowest BCUT2D eigenvalue weighted by Gasteiger charge is -2.11. The molecule has 0 radical (unpaired) electrons. The number of H-pyrrole nitrogens is 1. The number of aromatic nitrogens is 1. The largest absolute Gasteiger partial charge is 0.504 e. The first-order valence-corrected chi connectivity index (χ1v) is 8.10. The summed E-state index contributed by atoms with van der Waals surface area (Å²) in [5.41, 5.74) is 4.81. The van der Waals surface area contributed by atoms with Gasteiger partial charge in [0, 0.05) is 40.8 Å². The van der Waals surface area contributed by atoms with E-state index in [1.54, 1.807) is 6.07 Å². The predicted octanol–water partition coefficient (Wildman–Crippen LogP) is 2.51. The Morgan fingerprint density at radius 3 is 2.88 bits per heavy atom. The maximum Gasteiger partial charge on any atom is 0.252 e. The van der Waals surface area contributed by atoms with Gasteiger partial charge in [0.05, 0.1) is 12.7 Å². The molecule has 0 atom stereocenters. The molecule has 3 aromatic rings. The minimum atomic E-state index is -0.183. The van der Waals surface area contributed by atoms with Crippen LogP contribution in [0.15, 0.2) is 30.3 Å². The Hall–Kier alpha value is -2.99. The number of phenolic OH excluding ortho intramolecular Hbond substituents is 1. The molecule has 4 N–H and O–H groups in total. The van der Waals surface area contributed by atoms with Crippen LogP contribution >= 0.6 is 0 Å². The molecular formula is C19H19N3O3. The third kappa shape index (κ3) is 2.42. The summed E-state index contributed by atoms with van der Waals surface area (Å²) in [5.74, 6) is 0.198. The highest BCUT2D eigenvalue weighted by Crippen LogP contribution is 2.41. The molecule has 4 rings (SSSR count). The first-order valence-electron chi connectivity index (χ1n) is 8.10. The van der Waals surface area contributed by atoms with Crippen molar-refractivity contribution in [2.45, 2.75) is 13.1 Å². The van der Waals surface area contributed by atoms with Gasteiger partial charge in [-0.05, 0) is 36.9 Å². The fourth-order valence-corrected chi connectivity index (χ4v) is 3.40. The van der Waals surface area contributed by atoms with Crippen molar-refractivity contribution in [3.05, 3.63) is 47.0 Å². The van der Waals surface area contributed by atoms with E-state index in [1.807, 2.05) is 19.2 Å². The summed E-state index contributed by atoms with van der Waals surface area (Å²) in [6, 6.07) is 9.94. The van der Waals surface area contributed by atoms with Gasteiger partial charge in [-0.25, -0.2) is 0 Å². The summed E-state index contributed by atoms with van der Waals surface area (Å²) in [7, 11) is 3.42. The highest BCUT2D eigenvalue weighted by atomic mass is 16.5. The van der Waals surface area contributed by atoms with Crippen LogP contribution in [-0.4, -0.2) is 30.2 Å². The maximum atomic E-state index is 12.3. The second-order valence-corrected chi connectivity index (χ2v) is 6.15. The van der Waals surface area contributed by atoms with Crippen LogP contribution in [0, 0.1) is 0 Å². The van der Waals surface area contributed by atoms with E-state index in [4.69, 9.17) is 4.74 Å². The molecule has 6 nitrogen and oxygen atoms in total. The van der Waals surface area contributed by atoms with Crippen molar-refractivity contribution in [3.63, 3.8) is 0 Å². The number of methoxy groups -OCH3 is 1. The van der Waals surface area contributed by atoms with Gasteiger partial charge in [0.2, 0.25) is 0 Å². The minimum Gasteiger partial charge on any atom is -0.504 e. The van der Waals surface area contributed by atoms with E-state index in [0.29, 0.717) is 23.4 Å². The van der Waals surface area contributed by atoms with Gasteiger partial charge < -0.3 is 25.5 Å². The molecular weight excluding hydrogens is 318 g/mol. The lowest BCUT2D eigenvalue weighted by Crippen LogP contribution is -2.13. The Kier molecular flexibility index (Phi) is 3.62. The molecule has 2 aromatic carbocycles. The van der Waals surface area contributed by atoms with Gasteiger partial charge in [-0.1, -0.05) is 6.07 Å². The smallest absolute Gasteiger partial charge is 0.252 e. The van der Waals surface area contributed by atoms with Gasteiger partial charge >= 0.3 is 0 Å². The second-order valence-electron chi connectivity index (χ2n) is 6.15. The monoisotopic (exact) mass is 337 g/mol. The minimum absolute atomic E-state index is 0.0204. The van der Waals surface area contributed by atoms with Crippen LogP contribution in [-0.2, 0) is 13.1 Å². The van der Waals surface area contributed by atoms with Crippen LogP contribution in [0.4, 0.5) is 0 Å². The van der Waals surface area contributed by atoms with E-state index < -0.39 is 0 Å². The number of hydrogen-bond donors (Lipinski definition) is 4. The molecule has 0 unspecified atom stereocenters. The van der Waals surface area contributed by atoms with Crippen LogP contribution in [0.1, 0.15) is 21.5 Å². The molecule has 2 heterocycles. The highest BCUT2D eigenvalue weighted by molar-refractivity contribution is 6.06. The summed E-state index contributed by atoms with van der Waals surface area (Å²) in [4.78, 5) is 15.6. The van der Waals surface area contributed by atoms with Gasteiger partial charge in [-0.15, -0.1) is 0 Å². The quantitative estimate of drug-likeness (QED) is 0.589. The number of amides is 1. The summed E-state index contributed by atoms with van der Waals surface area (Å²) in [6.07, 6.45) is 0.